The fourth-order valence-corrected chi connectivity index (χ4v) is 6.99. The Balaban J connectivity index is 1.08. The first kappa shape index (κ1) is 29.5. The fraction of sp³-hybridized carbons (Fsp3) is 0.0217. The number of rotatable bonds is 7. The summed E-state index contributed by atoms with van der Waals surface area (Å²) in [4.78, 5) is 5.03. The zero-order valence-corrected chi connectivity index (χ0v) is 27.3. The van der Waals surface area contributed by atoms with Crippen LogP contribution < -0.4 is 5.73 Å². The third-order valence-corrected chi connectivity index (χ3v) is 9.49. The van der Waals surface area contributed by atoms with E-state index >= 15 is 0 Å². The van der Waals surface area contributed by atoms with E-state index in [9.17, 15) is 0 Å². The Labute approximate surface area is 290 Å². The van der Waals surface area contributed by atoms with Crippen LogP contribution in [0.2, 0.25) is 0 Å². The maximum absolute atomic E-state index is 6.63. The Morgan fingerprint density at radius 2 is 1.16 bits per heavy atom. The molecule has 2 N–H and O–H groups in total. The maximum Gasteiger partial charge on any atom is 0.135 e. The van der Waals surface area contributed by atoms with E-state index in [1.54, 1.807) is 0 Å². The van der Waals surface area contributed by atoms with E-state index < -0.39 is 0 Å². The van der Waals surface area contributed by atoms with Gasteiger partial charge in [-0.1, -0.05) is 133 Å². The Kier molecular flexibility index (Phi) is 7.33. The van der Waals surface area contributed by atoms with E-state index in [2.05, 4.69) is 138 Å². The number of amidine groups is 1. The highest BCUT2D eigenvalue weighted by Gasteiger charge is 2.13. The quantitative estimate of drug-likeness (QED) is 0.139. The van der Waals surface area contributed by atoms with E-state index in [0.29, 0.717) is 12.3 Å². The SMILES string of the molecule is NC(=N/C(=C\Cc1ccc(-c2ccc3oc4ccccc4c3c2)cc1)c1cccc(-n2c3ccccc3c3ccccc32)c1)c1ccccc1. The lowest BCUT2D eigenvalue weighted by Gasteiger charge is -2.12. The lowest BCUT2D eigenvalue weighted by molar-refractivity contribution is 0.669. The summed E-state index contributed by atoms with van der Waals surface area (Å²) in [5, 5.41) is 4.73. The zero-order chi connectivity index (χ0) is 33.4. The lowest BCUT2D eigenvalue weighted by Crippen LogP contribution is -2.13. The minimum absolute atomic E-state index is 0.483. The van der Waals surface area contributed by atoms with Crippen molar-refractivity contribution in [3.63, 3.8) is 0 Å². The normalized spacial score (nSPS) is 12.4. The summed E-state index contributed by atoms with van der Waals surface area (Å²) in [5.74, 6) is 0.483. The first-order chi connectivity index (χ1) is 24.7. The van der Waals surface area contributed by atoms with Crippen molar-refractivity contribution in [3.05, 3.63) is 193 Å². The van der Waals surface area contributed by atoms with Crippen LogP contribution in [0.1, 0.15) is 16.7 Å². The minimum atomic E-state index is 0.483. The topological polar surface area (TPSA) is 56.4 Å². The second kappa shape index (κ2) is 12.4. The number of fused-ring (bicyclic) bond motifs is 6. The third-order valence-electron chi connectivity index (χ3n) is 9.49. The molecule has 0 fully saturated rings. The molecule has 0 saturated heterocycles. The maximum atomic E-state index is 6.63. The number of hydrogen-bond donors (Lipinski definition) is 1. The molecule has 0 saturated carbocycles. The number of para-hydroxylation sites is 3. The van der Waals surface area contributed by atoms with E-state index in [4.69, 9.17) is 15.1 Å². The summed E-state index contributed by atoms with van der Waals surface area (Å²) in [7, 11) is 0. The molecule has 0 spiro atoms. The van der Waals surface area contributed by atoms with E-state index in [1.807, 2.05) is 42.5 Å². The first-order valence-corrected chi connectivity index (χ1v) is 16.9. The summed E-state index contributed by atoms with van der Waals surface area (Å²) in [6.45, 7) is 0. The predicted molar refractivity (Wildman–Crippen MR) is 209 cm³/mol. The van der Waals surface area contributed by atoms with Gasteiger partial charge in [-0.05, 0) is 65.6 Å². The van der Waals surface area contributed by atoms with Crippen LogP contribution in [0.25, 0.3) is 66.3 Å². The molecule has 238 valence electrons. The molecule has 0 aliphatic carbocycles. The van der Waals surface area contributed by atoms with Crippen LogP contribution in [-0.4, -0.2) is 10.4 Å². The van der Waals surface area contributed by atoms with Crippen molar-refractivity contribution >= 4 is 55.3 Å². The highest BCUT2D eigenvalue weighted by atomic mass is 16.3. The summed E-state index contributed by atoms with van der Waals surface area (Å²) in [5.41, 5.74) is 18.1. The van der Waals surface area contributed by atoms with Crippen LogP contribution in [0.4, 0.5) is 0 Å². The Bertz CT molecular complexity index is 2680. The zero-order valence-electron chi connectivity index (χ0n) is 27.3. The first-order valence-electron chi connectivity index (χ1n) is 16.9. The molecular formula is C46H33N3O. The van der Waals surface area contributed by atoms with E-state index in [1.165, 1.54) is 27.4 Å². The summed E-state index contributed by atoms with van der Waals surface area (Å²) < 4.78 is 8.38. The molecule has 0 amide bonds. The van der Waals surface area contributed by atoms with Crippen molar-refractivity contribution in [1.82, 2.24) is 4.57 Å². The highest BCUT2D eigenvalue weighted by molar-refractivity contribution is 6.09. The van der Waals surface area contributed by atoms with Crippen molar-refractivity contribution in [2.24, 2.45) is 10.7 Å². The van der Waals surface area contributed by atoms with Crippen LogP contribution in [0, 0.1) is 0 Å². The largest absolute Gasteiger partial charge is 0.456 e. The van der Waals surface area contributed by atoms with Gasteiger partial charge in [0.05, 0.1) is 16.7 Å². The number of hydrogen-bond acceptors (Lipinski definition) is 2. The van der Waals surface area contributed by atoms with Gasteiger partial charge in [-0.25, -0.2) is 4.99 Å². The minimum Gasteiger partial charge on any atom is -0.456 e. The average Bonchev–Trinajstić information content (AvgIpc) is 3.72. The molecule has 4 nitrogen and oxygen atoms in total. The molecule has 0 radical (unpaired) electrons. The van der Waals surface area contributed by atoms with Gasteiger partial charge in [-0.15, -0.1) is 0 Å². The van der Waals surface area contributed by atoms with Crippen molar-refractivity contribution in [1.29, 1.82) is 0 Å². The molecule has 2 aromatic heterocycles. The standard InChI is InChI=1S/C46H33N3O/c47-46(33-11-2-1-3-12-33)48-41(35-13-10-14-36(29-35)49-42-18-7-4-15-37(42)38-16-5-8-19-43(38)49)27-23-31-21-24-32(25-22-31)34-26-28-45-40(30-34)39-17-6-9-20-44(39)50-45/h1-22,24-30H,23H2,(H2,47,48)/b41-27-. The summed E-state index contributed by atoms with van der Waals surface area (Å²) >= 11 is 0. The van der Waals surface area contributed by atoms with E-state index in [0.717, 1.165) is 55.6 Å². The number of nitrogens with zero attached hydrogens (tertiary/aromatic N) is 2. The van der Waals surface area contributed by atoms with Crippen LogP contribution >= 0.6 is 0 Å². The van der Waals surface area contributed by atoms with Crippen molar-refractivity contribution in [3.8, 4) is 16.8 Å². The van der Waals surface area contributed by atoms with Crippen LogP contribution in [0.15, 0.2) is 185 Å². The van der Waals surface area contributed by atoms with Gasteiger partial charge in [-0.2, -0.15) is 0 Å². The molecule has 0 bridgehead atoms. The number of aliphatic imine (C=N–C) groups is 1. The molecule has 0 atom stereocenters. The van der Waals surface area contributed by atoms with Gasteiger partial charge < -0.3 is 14.7 Å². The molecular weight excluding hydrogens is 611 g/mol. The lowest BCUT2D eigenvalue weighted by atomic mass is 10.0. The summed E-state index contributed by atoms with van der Waals surface area (Å²) in [6.07, 6.45) is 2.88. The van der Waals surface area contributed by atoms with Gasteiger partial charge in [0.25, 0.3) is 0 Å². The fourth-order valence-electron chi connectivity index (χ4n) is 6.99. The van der Waals surface area contributed by atoms with Crippen LogP contribution in [-0.2, 0) is 6.42 Å². The number of nitrogens with two attached hydrogens (primary N) is 1. The number of furan rings is 1. The molecule has 0 aliphatic heterocycles. The van der Waals surface area contributed by atoms with Crippen molar-refractivity contribution < 1.29 is 4.42 Å². The van der Waals surface area contributed by atoms with Crippen LogP contribution in [0.5, 0.6) is 0 Å². The molecule has 2 heterocycles. The molecule has 50 heavy (non-hydrogen) atoms. The Morgan fingerprint density at radius 3 is 1.92 bits per heavy atom. The number of benzene rings is 7. The van der Waals surface area contributed by atoms with Crippen LogP contribution in [0.3, 0.4) is 0 Å². The number of allylic oxidation sites excluding steroid dienone is 1. The molecule has 0 aliphatic rings. The highest BCUT2D eigenvalue weighted by Crippen LogP contribution is 2.34. The van der Waals surface area contributed by atoms with Gasteiger partial charge in [0, 0.05) is 38.4 Å². The molecule has 4 heteroatoms. The molecule has 9 aromatic rings. The summed E-state index contributed by atoms with van der Waals surface area (Å²) in [6, 6.07) is 59.1. The van der Waals surface area contributed by atoms with Gasteiger partial charge in [-0.3, -0.25) is 0 Å². The van der Waals surface area contributed by atoms with Crippen molar-refractivity contribution in [2.45, 2.75) is 6.42 Å². The Morgan fingerprint density at radius 1 is 0.540 bits per heavy atom. The third kappa shape index (κ3) is 5.33. The van der Waals surface area contributed by atoms with Gasteiger partial charge in [0.1, 0.15) is 17.0 Å². The molecule has 7 aromatic carbocycles. The van der Waals surface area contributed by atoms with E-state index in [-0.39, 0.29) is 0 Å². The number of aromatic nitrogens is 1. The second-order valence-electron chi connectivity index (χ2n) is 12.6. The van der Waals surface area contributed by atoms with Gasteiger partial charge >= 0.3 is 0 Å². The Hall–Kier alpha value is -6.65. The predicted octanol–water partition coefficient (Wildman–Crippen LogP) is 11.3. The monoisotopic (exact) mass is 643 g/mol. The van der Waals surface area contributed by atoms with Gasteiger partial charge in [0.15, 0.2) is 0 Å². The average molecular weight is 644 g/mol. The second-order valence-corrected chi connectivity index (χ2v) is 12.6. The van der Waals surface area contributed by atoms with Gasteiger partial charge in [0.2, 0.25) is 0 Å². The smallest absolute Gasteiger partial charge is 0.135 e. The van der Waals surface area contributed by atoms with Crippen molar-refractivity contribution in [2.75, 3.05) is 0 Å². The molecule has 9 rings (SSSR count). The molecule has 0 unspecified atom stereocenters.